The molecule has 0 spiro atoms. The van der Waals surface area contributed by atoms with Gasteiger partial charge in [0.2, 0.25) is 5.91 Å². The van der Waals surface area contributed by atoms with Crippen molar-refractivity contribution in [2.75, 3.05) is 40.3 Å². The lowest BCUT2D eigenvalue weighted by Crippen LogP contribution is -2.46. The largest absolute Gasteiger partial charge is 0.356 e. The molecule has 2 aromatic heterocycles. The number of nitrogens with one attached hydrogen (secondary N) is 2. The number of H-pyrrole nitrogens is 1. The van der Waals surface area contributed by atoms with E-state index in [1.165, 1.54) is 4.88 Å². The van der Waals surface area contributed by atoms with E-state index in [0.29, 0.717) is 5.92 Å². The summed E-state index contributed by atoms with van der Waals surface area (Å²) in [5.41, 5.74) is 0. The van der Waals surface area contributed by atoms with Crippen LogP contribution in [-0.4, -0.2) is 77.1 Å². The molecule has 1 fully saturated rings. The van der Waals surface area contributed by atoms with Gasteiger partial charge in [-0.2, -0.15) is 5.10 Å². The van der Waals surface area contributed by atoms with E-state index in [1.54, 1.807) is 36.7 Å². The smallest absolute Gasteiger partial charge is 0.243 e. The topological polar surface area (TPSA) is 89.5 Å². The van der Waals surface area contributed by atoms with Crippen molar-refractivity contribution < 1.29 is 4.79 Å². The van der Waals surface area contributed by atoms with Crippen LogP contribution in [0.2, 0.25) is 0 Å². The first-order valence-corrected chi connectivity index (χ1v) is 10.1. The molecule has 146 valence electrons. The van der Waals surface area contributed by atoms with Crippen molar-refractivity contribution in [1.29, 1.82) is 0 Å². The minimum Gasteiger partial charge on any atom is -0.356 e. The van der Waals surface area contributed by atoms with Crippen LogP contribution in [0.15, 0.2) is 28.8 Å². The Morgan fingerprint density at radius 3 is 2.89 bits per heavy atom. The summed E-state index contributed by atoms with van der Waals surface area (Å²) in [5.74, 6) is 2.18. The van der Waals surface area contributed by atoms with E-state index in [4.69, 9.17) is 0 Å². The molecule has 0 bridgehead atoms. The third-order valence-electron chi connectivity index (χ3n) is 4.71. The monoisotopic (exact) mass is 389 g/mol. The van der Waals surface area contributed by atoms with Crippen molar-refractivity contribution in [2.24, 2.45) is 4.99 Å². The summed E-state index contributed by atoms with van der Waals surface area (Å²) in [6.07, 6.45) is 4.49. The minimum atomic E-state index is 0.00380. The van der Waals surface area contributed by atoms with Gasteiger partial charge in [0, 0.05) is 44.5 Å². The third kappa shape index (κ3) is 5.53. The molecule has 0 radical (unpaired) electrons. The van der Waals surface area contributed by atoms with Gasteiger partial charge in [-0.25, -0.2) is 9.98 Å². The molecule has 1 amide bonds. The average Bonchev–Trinajstić information content (AvgIpc) is 3.38. The number of rotatable bonds is 6. The van der Waals surface area contributed by atoms with Gasteiger partial charge in [0.15, 0.2) is 5.96 Å². The van der Waals surface area contributed by atoms with Gasteiger partial charge in [0.1, 0.15) is 18.7 Å². The zero-order chi connectivity index (χ0) is 19.1. The molecule has 1 saturated heterocycles. The lowest BCUT2D eigenvalue weighted by molar-refractivity contribution is -0.127. The van der Waals surface area contributed by atoms with E-state index >= 15 is 0 Å². The molecule has 1 aliphatic rings. The van der Waals surface area contributed by atoms with Crippen molar-refractivity contribution in [1.82, 2.24) is 30.3 Å². The number of likely N-dealkylation sites (tertiary alicyclic amines) is 1. The van der Waals surface area contributed by atoms with Gasteiger partial charge in [0.25, 0.3) is 0 Å². The number of thiophene rings is 1. The van der Waals surface area contributed by atoms with Crippen molar-refractivity contribution in [3.05, 3.63) is 34.5 Å². The zero-order valence-corrected chi connectivity index (χ0v) is 16.7. The minimum absolute atomic E-state index is 0.00380. The number of piperidine rings is 1. The van der Waals surface area contributed by atoms with Crippen LogP contribution in [0.25, 0.3) is 0 Å². The summed E-state index contributed by atoms with van der Waals surface area (Å²) in [7, 11) is 3.51. The maximum Gasteiger partial charge on any atom is 0.243 e. The Labute approximate surface area is 163 Å². The Morgan fingerprint density at radius 2 is 2.26 bits per heavy atom. The lowest BCUT2D eigenvalue weighted by atomic mass is 9.96. The number of aromatic nitrogens is 3. The van der Waals surface area contributed by atoms with Crippen molar-refractivity contribution >= 4 is 23.2 Å². The van der Waals surface area contributed by atoms with E-state index in [-0.39, 0.29) is 12.5 Å². The molecule has 3 rings (SSSR count). The highest BCUT2D eigenvalue weighted by Crippen LogP contribution is 2.24. The molecule has 2 N–H and O–H groups in total. The van der Waals surface area contributed by atoms with Gasteiger partial charge in [-0.15, -0.1) is 11.3 Å². The number of guanidine groups is 1. The van der Waals surface area contributed by atoms with E-state index in [0.717, 1.165) is 50.7 Å². The summed E-state index contributed by atoms with van der Waals surface area (Å²) >= 11 is 1.76. The molecule has 8 nitrogen and oxygen atoms in total. The Morgan fingerprint density at radius 1 is 1.44 bits per heavy atom. The fourth-order valence-corrected chi connectivity index (χ4v) is 3.79. The number of hydrogen-bond donors (Lipinski definition) is 2. The van der Waals surface area contributed by atoms with Crippen molar-refractivity contribution in [3.8, 4) is 0 Å². The lowest BCUT2D eigenvalue weighted by Gasteiger charge is -2.33. The van der Waals surface area contributed by atoms with Crippen LogP contribution >= 0.6 is 11.3 Å². The van der Waals surface area contributed by atoms with Crippen LogP contribution in [0.3, 0.4) is 0 Å². The number of likely N-dealkylation sites (N-methyl/N-ethyl adjacent to an activating group) is 1. The predicted octanol–water partition coefficient (Wildman–Crippen LogP) is 1.32. The standard InChI is InChI=1S/C18H27N7OS/c1-24(2)16(26)12-20-18(19-8-5-15-4-3-11-27-15)25-9-6-14(7-10-25)17-21-13-22-23-17/h3-4,11,13-14H,5-10,12H2,1-2H3,(H,19,20)(H,21,22,23). The molecule has 2 aromatic rings. The van der Waals surface area contributed by atoms with E-state index in [1.807, 2.05) is 0 Å². The van der Waals surface area contributed by atoms with Gasteiger partial charge in [0.05, 0.1) is 0 Å². The highest BCUT2D eigenvalue weighted by atomic mass is 32.1. The van der Waals surface area contributed by atoms with Gasteiger partial charge in [-0.05, 0) is 30.7 Å². The number of carbonyl (C=O) groups is 1. The van der Waals surface area contributed by atoms with Crippen LogP contribution in [-0.2, 0) is 11.2 Å². The Balaban J connectivity index is 1.58. The van der Waals surface area contributed by atoms with Crippen LogP contribution in [0.1, 0.15) is 29.5 Å². The molecule has 1 aliphatic heterocycles. The maximum absolute atomic E-state index is 12.0. The quantitative estimate of drug-likeness (QED) is 0.575. The van der Waals surface area contributed by atoms with Crippen molar-refractivity contribution in [2.45, 2.75) is 25.2 Å². The molecular formula is C18H27N7OS. The summed E-state index contributed by atoms with van der Waals surface area (Å²) in [6, 6.07) is 4.21. The molecule has 0 atom stereocenters. The highest BCUT2D eigenvalue weighted by molar-refractivity contribution is 7.09. The molecule has 0 aliphatic carbocycles. The molecular weight excluding hydrogens is 362 g/mol. The second-order valence-corrected chi connectivity index (χ2v) is 7.85. The van der Waals surface area contributed by atoms with Crippen LogP contribution < -0.4 is 5.32 Å². The maximum atomic E-state index is 12.0. The number of nitrogens with zero attached hydrogens (tertiary/aromatic N) is 5. The molecule has 0 aromatic carbocycles. The molecule has 9 heteroatoms. The molecule has 27 heavy (non-hydrogen) atoms. The highest BCUT2D eigenvalue weighted by Gasteiger charge is 2.24. The summed E-state index contributed by atoms with van der Waals surface area (Å²) in [4.78, 5) is 26.0. The summed E-state index contributed by atoms with van der Waals surface area (Å²) in [5, 5.41) is 12.5. The Kier molecular flexibility index (Phi) is 6.80. The number of hydrogen-bond acceptors (Lipinski definition) is 5. The average molecular weight is 390 g/mol. The van der Waals surface area contributed by atoms with E-state index in [9.17, 15) is 4.79 Å². The fourth-order valence-electron chi connectivity index (χ4n) is 3.08. The number of amides is 1. The Hall–Kier alpha value is -2.42. The summed E-state index contributed by atoms with van der Waals surface area (Å²) < 4.78 is 0. The number of aliphatic imine (C=N–C) groups is 1. The first kappa shape index (κ1) is 19.3. The normalized spacial score (nSPS) is 15.8. The van der Waals surface area contributed by atoms with Crippen LogP contribution in [0.5, 0.6) is 0 Å². The van der Waals surface area contributed by atoms with Gasteiger partial charge in [-0.1, -0.05) is 6.07 Å². The van der Waals surface area contributed by atoms with Gasteiger partial charge >= 0.3 is 0 Å². The van der Waals surface area contributed by atoms with Gasteiger partial charge < -0.3 is 15.1 Å². The van der Waals surface area contributed by atoms with E-state index in [2.05, 4.69) is 47.9 Å². The predicted molar refractivity (Wildman–Crippen MR) is 107 cm³/mol. The SMILES string of the molecule is CN(C)C(=O)CN=C(NCCc1cccs1)N1CCC(c2ncn[nH]2)CC1. The first-order chi connectivity index (χ1) is 13.1. The van der Waals surface area contributed by atoms with Crippen LogP contribution in [0, 0.1) is 0 Å². The summed E-state index contributed by atoms with van der Waals surface area (Å²) in [6.45, 7) is 2.73. The number of aromatic amines is 1. The fraction of sp³-hybridized carbons (Fsp3) is 0.556. The van der Waals surface area contributed by atoms with Crippen molar-refractivity contribution in [3.63, 3.8) is 0 Å². The second kappa shape index (κ2) is 9.50. The molecule has 3 heterocycles. The van der Waals surface area contributed by atoms with Gasteiger partial charge in [-0.3, -0.25) is 9.89 Å². The number of carbonyl (C=O) groups excluding carboxylic acids is 1. The zero-order valence-electron chi connectivity index (χ0n) is 15.9. The second-order valence-electron chi connectivity index (χ2n) is 6.82. The van der Waals surface area contributed by atoms with Crippen LogP contribution in [0.4, 0.5) is 0 Å². The molecule has 0 unspecified atom stereocenters. The molecule has 0 saturated carbocycles. The third-order valence-corrected chi connectivity index (χ3v) is 5.65. The van der Waals surface area contributed by atoms with E-state index < -0.39 is 0 Å². The first-order valence-electron chi connectivity index (χ1n) is 9.24. The Bertz CT molecular complexity index is 719.